The molecule has 0 aliphatic heterocycles. The molecule has 0 fully saturated rings. The van der Waals surface area contributed by atoms with E-state index in [0.717, 1.165) is 55.1 Å². The van der Waals surface area contributed by atoms with Crippen LogP contribution < -0.4 is 0 Å². The maximum Gasteiger partial charge on any atom is 0.164 e. The molecular formula is C54H35N3O. The fraction of sp³-hybridized carbons (Fsp3) is 0.0556. The van der Waals surface area contributed by atoms with E-state index >= 15 is 0 Å². The van der Waals surface area contributed by atoms with Gasteiger partial charge in [0.25, 0.3) is 0 Å². The molecule has 9 aromatic carbocycles. The standard InChI is InChI=1S/C54H35N3O/c1-54(2)46-20-9-8-18-41(46)44-30-45-49(31-47(44)54)58-48-21-11-19-42(50(45)48)53-56-51(36-16-10-15-35(28-36)32-12-4-3-5-13-32)55-52(57-53)37-23-22-34-25-26-39-38-17-7-6-14-33(38)24-27-40(39)43(34)29-37/h3-31H,1-2H3. The van der Waals surface area contributed by atoms with Crippen molar-refractivity contribution < 1.29 is 4.42 Å². The molecule has 1 aliphatic carbocycles. The number of benzene rings is 9. The van der Waals surface area contributed by atoms with Gasteiger partial charge in [-0.25, -0.2) is 15.0 Å². The van der Waals surface area contributed by atoms with E-state index in [0.29, 0.717) is 17.5 Å². The normalized spacial score (nSPS) is 13.1. The summed E-state index contributed by atoms with van der Waals surface area (Å²) < 4.78 is 6.67. The molecule has 12 rings (SSSR count). The van der Waals surface area contributed by atoms with Crippen LogP contribution in [0.4, 0.5) is 0 Å². The average Bonchev–Trinajstić information content (AvgIpc) is 3.76. The summed E-state index contributed by atoms with van der Waals surface area (Å²) in [6, 6.07) is 62.5. The summed E-state index contributed by atoms with van der Waals surface area (Å²) in [6.07, 6.45) is 0. The van der Waals surface area contributed by atoms with Crippen LogP contribution >= 0.6 is 0 Å². The van der Waals surface area contributed by atoms with Crippen molar-refractivity contribution in [3.8, 4) is 56.4 Å². The second-order valence-electron chi connectivity index (χ2n) is 16.0. The molecule has 0 radical (unpaired) electrons. The van der Waals surface area contributed by atoms with Crippen LogP contribution in [-0.2, 0) is 5.41 Å². The van der Waals surface area contributed by atoms with E-state index in [-0.39, 0.29) is 5.41 Å². The summed E-state index contributed by atoms with van der Waals surface area (Å²) in [6.45, 7) is 4.60. The third kappa shape index (κ3) is 4.91. The van der Waals surface area contributed by atoms with Crippen LogP contribution in [0.3, 0.4) is 0 Å². The molecule has 0 saturated heterocycles. The molecule has 2 aromatic heterocycles. The molecule has 0 saturated carbocycles. The van der Waals surface area contributed by atoms with Gasteiger partial charge in [-0.3, -0.25) is 0 Å². The van der Waals surface area contributed by atoms with E-state index in [1.165, 1.54) is 49.2 Å². The molecule has 0 unspecified atom stereocenters. The average molecular weight is 742 g/mol. The minimum absolute atomic E-state index is 0.132. The van der Waals surface area contributed by atoms with Crippen molar-refractivity contribution in [3.05, 3.63) is 187 Å². The zero-order valence-electron chi connectivity index (χ0n) is 32.0. The van der Waals surface area contributed by atoms with Gasteiger partial charge in [0.15, 0.2) is 17.5 Å². The van der Waals surface area contributed by atoms with E-state index < -0.39 is 0 Å². The summed E-state index contributed by atoms with van der Waals surface area (Å²) >= 11 is 0. The minimum Gasteiger partial charge on any atom is -0.456 e. The van der Waals surface area contributed by atoms with Crippen LogP contribution in [0.25, 0.3) is 111 Å². The Morgan fingerprint density at radius 3 is 1.86 bits per heavy atom. The Balaban J connectivity index is 1.10. The highest BCUT2D eigenvalue weighted by Gasteiger charge is 2.36. The fourth-order valence-electron chi connectivity index (χ4n) is 9.39. The third-order valence-electron chi connectivity index (χ3n) is 12.3. The minimum atomic E-state index is -0.132. The Labute approximate surface area is 335 Å². The first-order valence-corrected chi connectivity index (χ1v) is 19.8. The predicted molar refractivity (Wildman–Crippen MR) is 239 cm³/mol. The first kappa shape index (κ1) is 32.8. The van der Waals surface area contributed by atoms with Crippen molar-refractivity contribution in [1.29, 1.82) is 0 Å². The molecular weight excluding hydrogens is 707 g/mol. The number of rotatable bonds is 4. The number of hydrogen-bond donors (Lipinski definition) is 0. The zero-order chi connectivity index (χ0) is 38.5. The molecule has 272 valence electrons. The SMILES string of the molecule is CC1(C)c2ccccc2-c2cc3c(cc21)oc1cccc(-c2nc(-c4cccc(-c5ccccc5)c4)nc(-c4ccc5ccc6c7ccccc7ccc6c5c4)n2)c13. The summed E-state index contributed by atoms with van der Waals surface area (Å²) in [5.41, 5.74) is 11.7. The monoisotopic (exact) mass is 741 g/mol. The molecule has 58 heavy (non-hydrogen) atoms. The number of fused-ring (bicyclic) bond motifs is 11. The topological polar surface area (TPSA) is 51.8 Å². The lowest BCUT2D eigenvalue weighted by atomic mass is 9.82. The van der Waals surface area contributed by atoms with Crippen LogP contribution in [0.5, 0.6) is 0 Å². The lowest BCUT2D eigenvalue weighted by Gasteiger charge is -2.21. The van der Waals surface area contributed by atoms with Crippen molar-refractivity contribution in [3.63, 3.8) is 0 Å². The number of aromatic nitrogens is 3. The van der Waals surface area contributed by atoms with Crippen LogP contribution in [-0.4, -0.2) is 15.0 Å². The van der Waals surface area contributed by atoms with E-state index in [9.17, 15) is 0 Å². The van der Waals surface area contributed by atoms with Crippen molar-refractivity contribution in [2.75, 3.05) is 0 Å². The van der Waals surface area contributed by atoms with E-state index in [4.69, 9.17) is 19.4 Å². The van der Waals surface area contributed by atoms with Gasteiger partial charge in [-0.15, -0.1) is 0 Å². The molecule has 0 spiro atoms. The Morgan fingerprint density at radius 1 is 0.362 bits per heavy atom. The second-order valence-corrected chi connectivity index (χ2v) is 16.0. The molecule has 11 aromatic rings. The predicted octanol–water partition coefficient (Wildman–Crippen LogP) is 14.2. The van der Waals surface area contributed by atoms with Crippen molar-refractivity contribution in [1.82, 2.24) is 15.0 Å². The molecule has 0 amide bonds. The number of furan rings is 1. The quantitative estimate of drug-likeness (QED) is 0.169. The highest BCUT2D eigenvalue weighted by atomic mass is 16.3. The lowest BCUT2D eigenvalue weighted by Crippen LogP contribution is -2.14. The molecule has 4 heteroatoms. The van der Waals surface area contributed by atoms with Crippen molar-refractivity contribution >= 4 is 54.3 Å². The third-order valence-corrected chi connectivity index (χ3v) is 12.3. The first-order valence-electron chi connectivity index (χ1n) is 19.8. The molecule has 4 nitrogen and oxygen atoms in total. The fourth-order valence-corrected chi connectivity index (χ4v) is 9.39. The summed E-state index contributed by atoms with van der Waals surface area (Å²) in [4.78, 5) is 15.8. The summed E-state index contributed by atoms with van der Waals surface area (Å²) in [5.74, 6) is 1.83. The van der Waals surface area contributed by atoms with E-state index in [1.54, 1.807) is 0 Å². The Hall–Kier alpha value is -7.43. The van der Waals surface area contributed by atoms with Crippen LogP contribution in [0.1, 0.15) is 25.0 Å². The Kier molecular flexibility index (Phi) is 6.94. The number of nitrogens with zero attached hydrogens (tertiary/aromatic N) is 3. The van der Waals surface area contributed by atoms with Gasteiger partial charge in [0.2, 0.25) is 0 Å². The molecule has 0 atom stereocenters. The largest absolute Gasteiger partial charge is 0.456 e. The maximum absolute atomic E-state index is 6.67. The Bertz CT molecular complexity index is 3490. The second kappa shape index (κ2) is 12.3. The van der Waals surface area contributed by atoms with Gasteiger partial charge in [-0.1, -0.05) is 159 Å². The molecule has 0 bridgehead atoms. The zero-order valence-corrected chi connectivity index (χ0v) is 32.0. The van der Waals surface area contributed by atoms with Crippen LogP contribution in [0.2, 0.25) is 0 Å². The van der Waals surface area contributed by atoms with Crippen LogP contribution in [0, 0.1) is 0 Å². The van der Waals surface area contributed by atoms with Gasteiger partial charge < -0.3 is 4.42 Å². The van der Waals surface area contributed by atoms with Gasteiger partial charge in [0.05, 0.1) is 0 Å². The van der Waals surface area contributed by atoms with Gasteiger partial charge in [-0.05, 0) is 96.0 Å². The van der Waals surface area contributed by atoms with Crippen molar-refractivity contribution in [2.45, 2.75) is 19.3 Å². The smallest absolute Gasteiger partial charge is 0.164 e. The van der Waals surface area contributed by atoms with Gasteiger partial charge in [0.1, 0.15) is 11.2 Å². The summed E-state index contributed by atoms with van der Waals surface area (Å²) in [7, 11) is 0. The number of hydrogen-bond acceptors (Lipinski definition) is 4. The molecule has 1 aliphatic rings. The Morgan fingerprint density at radius 2 is 1.00 bits per heavy atom. The molecule has 0 N–H and O–H groups in total. The van der Waals surface area contributed by atoms with Crippen LogP contribution in [0.15, 0.2) is 180 Å². The van der Waals surface area contributed by atoms with Crippen molar-refractivity contribution in [2.24, 2.45) is 0 Å². The van der Waals surface area contributed by atoms with Gasteiger partial charge >= 0.3 is 0 Å². The van der Waals surface area contributed by atoms with E-state index in [1.807, 2.05) is 18.2 Å². The highest BCUT2D eigenvalue weighted by Crippen LogP contribution is 2.51. The van der Waals surface area contributed by atoms with Gasteiger partial charge in [0, 0.05) is 32.9 Å². The highest BCUT2D eigenvalue weighted by molar-refractivity contribution is 6.18. The maximum atomic E-state index is 6.67. The summed E-state index contributed by atoms with van der Waals surface area (Å²) in [5, 5.41) is 9.29. The molecule has 2 heterocycles. The first-order chi connectivity index (χ1) is 28.5. The van der Waals surface area contributed by atoms with E-state index in [2.05, 4.69) is 172 Å². The van der Waals surface area contributed by atoms with Gasteiger partial charge in [-0.2, -0.15) is 0 Å². The lowest BCUT2D eigenvalue weighted by molar-refractivity contribution is 0.647.